The molecular formula is C11H12FNO2. The van der Waals surface area contributed by atoms with Crippen molar-refractivity contribution in [3.63, 3.8) is 0 Å². The van der Waals surface area contributed by atoms with Crippen LogP contribution in [0.25, 0.3) is 0 Å². The molecule has 0 saturated heterocycles. The molecule has 0 radical (unpaired) electrons. The maximum Gasteiger partial charge on any atom is 0.272 e. The minimum Gasteiger partial charge on any atom is -0.258 e. The van der Waals surface area contributed by atoms with Gasteiger partial charge in [-0.1, -0.05) is 12.8 Å². The van der Waals surface area contributed by atoms with Crippen LogP contribution in [0, 0.1) is 15.9 Å². The van der Waals surface area contributed by atoms with Gasteiger partial charge in [-0.3, -0.25) is 10.1 Å². The summed E-state index contributed by atoms with van der Waals surface area (Å²) in [5.74, 6) is -0.179. The molecule has 0 aromatic heterocycles. The number of hydrogen-bond donors (Lipinski definition) is 0. The zero-order chi connectivity index (χ0) is 10.8. The summed E-state index contributed by atoms with van der Waals surface area (Å²) < 4.78 is 13.6. The summed E-state index contributed by atoms with van der Waals surface area (Å²) in [6.07, 6.45) is 4.24. The van der Waals surface area contributed by atoms with E-state index >= 15 is 0 Å². The van der Waals surface area contributed by atoms with Crippen molar-refractivity contribution in [2.24, 2.45) is 0 Å². The van der Waals surface area contributed by atoms with Crippen LogP contribution in [0.3, 0.4) is 0 Å². The Morgan fingerprint density at radius 1 is 1.33 bits per heavy atom. The quantitative estimate of drug-likeness (QED) is 0.553. The molecule has 0 unspecified atom stereocenters. The van der Waals surface area contributed by atoms with Gasteiger partial charge in [0.2, 0.25) is 0 Å². The smallest absolute Gasteiger partial charge is 0.258 e. The molecule has 4 heteroatoms. The van der Waals surface area contributed by atoms with E-state index in [1.54, 1.807) is 6.07 Å². The van der Waals surface area contributed by atoms with E-state index in [1.165, 1.54) is 6.07 Å². The molecule has 1 saturated carbocycles. The Kier molecular flexibility index (Phi) is 2.66. The molecule has 1 fully saturated rings. The van der Waals surface area contributed by atoms with E-state index in [2.05, 4.69) is 0 Å². The predicted molar refractivity (Wildman–Crippen MR) is 54.3 cm³/mol. The second-order valence-corrected chi connectivity index (χ2v) is 3.94. The van der Waals surface area contributed by atoms with Crippen molar-refractivity contribution in [2.45, 2.75) is 31.6 Å². The topological polar surface area (TPSA) is 43.1 Å². The van der Waals surface area contributed by atoms with Crippen molar-refractivity contribution in [2.75, 3.05) is 0 Å². The lowest BCUT2D eigenvalue weighted by Gasteiger charge is -2.09. The van der Waals surface area contributed by atoms with Gasteiger partial charge >= 0.3 is 0 Å². The maximum absolute atomic E-state index is 13.6. The third-order valence-electron chi connectivity index (χ3n) is 2.99. The van der Waals surface area contributed by atoms with Gasteiger partial charge < -0.3 is 0 Å². The molecule has 0 amide bonds. The second-order valence-electron chi connectivity index (χ2n) is 3.94. The molecule has 1 aliphatic carbocycles. The lowest BCUT2D eigenvalue weighted by atomic mass is 9.97. The highest BCUT2D eigenvalue weighted by Crippen LogP contribution is 2.36. The molecule has 1 aromatic rings. The first-order valence-corrected chi connectivity index (χ1v) is 5.12. The third kappa shape index (κ3) is 1.98. The minimum atomic E-state index is -0.568. The number of rotatable bonds is 2. The summed E-state index contributed by atoms with van der Waals surface area (Å²) in [7, 11) is 0. The number of hydrogen-bond acceptors (Lipinski definition) is 2. The molecule has 0 bridgehead atoms. The van der Waals surface area contributed by atoms with E-state index < -0.39 is 10.7 Å². The molecule has 80 valence electrons. The van der Waals surface area contributed by atoms with Crippen molar-refractivity contribution in [1.29, 1.82) is 0 Å². The number of non-ortho nitro benzene ring substituents is 1. The average Bonchev–Trinajstić information content (AvgIpc) is 2.70. The van der Waals surface area contributed by atoms with E-state index in [4.69, 9.17) is 0 Å². The van der Waals surface area contributed by atoms with Gasteiger partial charge in [0.05, 0.1) is 11.0 Å². The maximum atomic E-state index is 13.6. The third-order valence-corrected chi connectivity index (χ3v) is 2.99. The van der Waals surface area contributed by atoms with Crippen LogP contribution in [0.5, 0.6) is 0 Å². The van der Waals surface area contributed by atoms with E-state index in [1.807, 2.05) is 0 Å². The Morgan fingerprint density at radius 3 is 2.53 bits per heavy atom. The molecule has 15 heavy (non-hydrogen) atoms. The van der Waals surface area contributed by atoms with Crippen molar-refractivity contribution in [3.8, 4) is 0 Å². The van der Waals surface area contributed by atoms with E-state index in [0.29, 0.717) is 5.56 Å². The highest BCUT2D eigenvalue weighted by atomic mass is 19.1. The highest BCUT2D eigenvalue weighted by Gasteiger charge is 2.21. The van der Waals surface area contributed by atoms with E-state index in [9.17, 15) is 14.5 Å². The number of nitrogens with zero attached hydrogens (tertiary/aromatic N) is 1. The molecule has 0 aliphatic heterocycles. The van der Waals surface area contributed by atoms with Gasteiger partial charge in [0.15, 0.2) is 0 Å². The fourth-order valence-corrected chi connectivity index (χ4v) is 2.20. The molecule has 0 heterocycles. The first-order chi connectivity index (χ1) is 7.18. The van der Waals surface area contributed by atoms with Gasteiger partial charge in [-0.15, -0.1) is 0 Å². The van der Waals surface area contributed by atoms with Crippen LogP contribution in [0.4, 0.5) is 10.1 Å². The monoisotopic (exact) mass is 209 g/mol. The van der Waals surface area contributed by atoms with Crippen LogP contribution in [0.2, 0.25) is 0 Å². The average molecular weight is 209 g/mol. The zero-order valence-electron chi connectivity index (χ0n) is 8.28. The summed E-state index contributed by atoms with van der Waals surface area (Å²) in [6, 6.07) is 3.97. The van der Waals surface area contributed by atoms with Crippen LogP contribution in [0.1, 0.15) is 37.2 Å². The normalized spacial score (nSPS) is 16.9. The van der Waals surface area contributed by atoms with E-state index in [-0.39, 0.29) is 11.6 Å². The largest absolute Gasteiger partial charge is 0.272 e. The van der Waals surface area contributed by atoms with Gasteiger partial charge in [0.25, 0.3) is 5.69 Å². The van der Waals surface area contributed by atoms with Gasteiger partial charge in [0, 0.05) is 6.07 Å². The van der Waals surface area contributed by atoms with Crippen molar-refractivity contribution >= 4 is 5.69 Å². The second kappa shape index (κ2) is 3.96. The first kappa shape index (κ1) is 10.1. The molecule has 2 rings (SSSR count). The van der Waals surface area contributed by atoms with E-state index in [0.717, 1.165) is 31.7 Å². The van der Waals surface area contributed by atoms with Gasteiger partial charge in [-0.25, -0.2) is 4.39 Å². The van der Waals surface area contributed by atoms with Crippen molar-refractivity contribution in [1.82, 2.24) is 0 Å². The summed E-state index contributed by atoms with van der Waals surface area (Å²) in [5.41, 5.74) is 0.465. The van der Waals surface area contributed by atoms with Crippen molar-refractivity contribution in [3.05, 3.63) is 39.7 Å². The molecule has 0 atom stereocenters. The van der Waals surface area contributed by atoms with Crippen LogP contribution in [-0.4, -0.2) is 4.92 Å². The summed E-state index contributed by atoms with van der Waals surface area (Å²) in [4.78, 5) is 9.86. The van der Waals surface area contributed by atoms with Crippen LogP contribution >= 0.6 is 0 Å². The Balaban J connectivity index is 2.29. The Hall–Kier alpha value is -1.45. The van der Waals surface area contributed by atoms with Gasteiger partial charge in [-0.05, 0) is 30.4 Å². The standard InChI is InChI=1S/C11H12FNO2/c12-11-7-9(13(14)15)5-6-10(11)8-3-1-2-4-8/h5-8H,1-4H2. The molecule has 1 aliphatic rings. The lowest BCUT2D eigenvalue weighted by Crippen LogP contribution is -1.98. The fourth-order valence-electron chi connectivity index (χ4n) is 2.20. The first-order valence-electron chi connectivity index (χ1n) is 5.12. The lowest BCUT2D eigenvalue weighted by molar-refractivity contribution is -0.385. The number of nitro groups is 1. The predicted octanol–water partition coefficient (Wildman–Crippen LogP) is 3.39. The Labute approximate surface area is 87.1 Å². The molecule has 0 spiro atoms. The van der Waals surface area contributed by atoms with Gasteiger partial charge in [-0.2, -0.15) is 0 Å². The van der Waals surface area contributed by atoms with Crippen LogP contribution < -0.4 is 0 Å². The number of benzene rings is 1. The molecule has 1 aromatic carbocycles. The van der Waals surface area contributed by atoms with Crippen LogP contribution in [-0.2, 0) is 0 Å². The number of halogens is 1. The Morgan fingerprint density at radius 2 is 2.00 bits per heavy atom. The fraction of sp³-hybridized carbons (Fsp3) is 0.455. The summed E-state index contributed by atoms with van der Waals surface area (Å²) >= 11 is 0. The molecular weight excluding hydrogens is 197 g/mol. The number of nitro benzene ring substituents is 1. The SMILES string of the molecule is O=[N+]([O-])c1ccc(C2CCCC2)c(F)c1. The summed E-state index contributed by atoms with van der Waals surface area (Å²) in [6.45, 7) is 0. The summed E-state index contributed by atoms with van der Waals surface area (Å²) in [5, 5.41) is 10.4. The zero-order valence-corrected chi connectivity index (χ0v) is 8.28. The Bertz CT molecular complexity index is 386. The van der Waals surface area contributed by atoms with Crippen LogP contribution in [0.15, 0.2) is 18.2 Å². The van der Waals surface area contributed by atoms with Crippen molar-refractivity contribution < 1.29 is 9.31 Å². The van der Waals surface area contributed by atoms with Gasteiger partial charge in [0.1, 0.15) is 5.82 Å². The molecule has 0 N–H and O–H groups in total. The minimum absolute atomic E-state index is 0.172. The highest BCUT2D eigenvalue weighted by molar-refractivity contribution is 5.36. The molecule has 3 nitrogen and oxygen atoms in total.